The maximum Gasteiger partial charge on any atom is 0.282 e. The molecule has 0 aromatic carbocycles. The first kappa shape index (κ1) is 16.5. The molecule has 0 unspecified atom stereocenters. The number of hydrogen-bond acceptors (Lipinski definition) is 3. The molecule has 0 amide bonds. The minimum atomic E-state index is -2.60. The van der Waals surface area contributed by atoms with Crippen molar-refractivity contribution in [2.75, 3.05) is 0 Å². The Morgan fingerprint density at radius 2 is 1.17 bits per heavy atom. The summed E-state index contributed by atoms with van der Waals surface area (Å²) in [5, 5.41) is 0. The molecular weight excluding hydrogens is 115 g/mol. The molecule has 0 aromatic rings. The molecule has 0 saturated carbocycles. The van der Waals surface area contributed by atoms with Gasteiger partial charge in [0.25, 0.3) is 10.8 Å². The molecule has 42 valence electrons. The Labute approximate surface area is 36.9 Å². The van der Waals surface area contributed by atoms with E-state index in [4.69, 9.17) is 14.0 Å². The van der Waals surface area contributed by atoms with Crippen LogP contribution in [0.25, 0.3) is 0 Å². The molecule has 5 nitrogen and oxygen atoms in total. The fourth-order valence-electron chi connectivity index (χ4n) is 0. The van der Waals surface area contributed by atoms with Gasteiger partial charge in [-0.25, -0.2) is 0 Å². The van der Waals surface area contributed by atoms with Crippen LogP contribution in [0.5, 0.6) is 0 Å². The third-order valence-corrected chi connectivity index (χ3v) is 0. The van der Waals surface area contributed by atoms with E-state index in [2.05, 4.69) is 0 Å². The zero-order valence-corrected chi connectivity index (χ0v) is 3.40. The second kappa shape index (κ2) is 8.92. The van der Waals surface area contributed by atoms with Gasteiger partial charge in [-0.3, -0.25) is 0 Å². The predicted octanol–water partition coefficient (Wildman–Crippen LogP) is -4.58. The topological polar surface area (TPSA) is 129 Å². The lowest BCUT2D eigenvalue weighted by molar-refractivity contribution is -1.63. The second-order valence-corrected chi connectivity index (χ2v) is 0.603. The lowest BCUT2D eigenvalue weighted by Crippen LogP contribution is -2.30. The molecule has 0 radical (unpaired) electrons. The summed E-state index contributed by atoms with van der Waals surface area (Å²) in [6.45, 7) is 0. The highest BCUT2D eigenvalue weighted by Crippen LogP contribution is 1.38. The van der Waals surface area contributed by atoms with E-state index >= 15 is 0 Å². The predicted molar refractivity (Wildman–Crippen MR) is 9.45 cm³/mol. The Morgan fingerprint density at radius 1 is 1.17 bits per heavy atom. The van der Waals surface area contributed by atoms with Crippen LogP contribution in [-0.2, 0) is 0 Å². The molecule has 0 heterocycles. The van der Waals surface area contributed by atoms with Crippen LogP contribution in [0.3, 0.4) is 0 Å². The second-order valence-electron chi connectivity index (χ2n) is 0.201. The summed E-state index contributed by atoms with van der Waals surface area (Å²) in [7, 11) is -2.60. The van der Waals surface area contributed by atoms with Gasteiger partial charge in [0.15, 0.2) is 0 Å². The van der Waals surface area contributed by atoms with Crippen LogP contribution in [0.2, 0.25) is 0 Å². The molecule has 6 heteroatoms. The van der Waals surface area contributed by atoms with Crippen molar-refractivity contribution in [3.05, 3.63) is 0 Å². The first-order chi connectivity index (χ1) is 1.73. The molecule has 0 aliphatic heterocycles. The van der Waals surface area contributed by atoms with Crippen molar-refractivity contribution in [3.8, 4) is 0 Å². The van der Waals surface area contributed by atoms with Crippen molar-refractivity contribution in [2.45, 2.75) is 0 Å². The van der Waals surface area contributed by atoms with E-state index in [1.807, 2.05) is 0 Å². The Kier molecular flexibility index (Phi) is 24.6. The number of rotatable bonds is 0. The zero-order chi connectivity index (χ0) is 3.58. The maximum absolute atomic E-state index is 8.52. The first-order valence-electron chi connectivity index (χ1n) is 0.478. The van der Waals surface area contributed by atoms with Crippen LogP contribution in [0.15, 0.2) is 0 Å². The van der Waals surface area contributed by atoms with E-state index in [9.17, 15) is 0 Å². The van der Waals surface area contributed by atoms with Crippen LogP contribution < -0.4 is 9.32 Å². The van der Waals surface area contributed by atoms with E-state index < -0.39 is 10.8 Å². The molecule has 0 saturated heterocycles. The van der Waals surface area contributed by atoms with Crippen molar-refractivity contribution in [1.82, 2.24) is 0 Å². The van der Waals surface area contributed by atoms with E-state index in [0.29, 0.717) is 0 Å². The fourth-order valence-corrected chi connectivity index (χ4v) is 0. The van der Waals surface area contributed by atoms with Crippen LogP contribution in [0.4, 0.5) is 0 Å². The van der Waals surface area contributed by atoms with Gasteiger partial charge in [0.2, 0.25) is 0 Å². The highest BCUT2D eigenvalue weighted by Gasteiger charge is 1.79. The molecule has 0 fully saturated rings. The average Bonchev–Trinajstić information content (AvgIpc) is 0.811. The monoisotopic (exact) mass is 120 g/mol. The molecular formula is H5ClO5. The Bertz CT molecular complexity index is 8.66. The van der Waals surface area contributed by atoms with Gasteiger partial charge < -0.3 is 20.3 Å². The van der Waals surface area contributed by atoms with Crippen LogP contribution in [0.1, 0.15) is 0 Å². The summed E-state index contributed by atoms with van der Waals surface area (Å²) in [6, 6.07) is 0. The molecule has 5 N–H and O–H groups in total. The van der Waals surface area contributed by atoms with Crippen molar-refractivity contribution < 1.29 is 35.7 Å². The van der Waals surface area contributed by atoms with Crippen LogP contribution in [0, 0.1) is 10.8 Å². The number of hydrogen-bond donors (Lipinski definition) is 1. The molecule has 0 spiro atoms. The zero-order valence-electron chi connectivity index (χ0n) is 2.64. The fraction of sp³-hybridized carbons (Fsp3) is 0. The summed E-state index contributed by atoms with van der Waals surface area (Å²) >= 11 is 0. The van der Waals surface area contributed by atoms with E-state index in [1.54, 1.807) is 0 Å². The van der Waals surface area contributed by atoms with Gasteiger partial charge >= 0.3 is 0 Å². The molecule has 0 aliphatic carbocycles. The third kappa shape index (κ3) is 4820. The minimum absolute atomic E-state index is 0. The summed E-state index contributed by atoms with van der Waals surface area (Å²) in [5.41, 5.74) is 0. The van der Waals surface area contributed by atoms with Crippen molar-refractivity contribution in [3.63, 3.8) is 0 Å². The van der Waals surface area contributed by atoms with Gasteiger partial charge in [-0.2, -0.15) is 0 Å². The summed E-state index contributed by atoms with van der Waals surface area (Å²) in [4.78, 5) is 0. The maximum atomic E-state index is 8.52. The summed E-state index contributed by atoms with van der Waals surface area (Å²) in [6.07, 6.45) is 0. The van der Waals surface area contributed by atoms with Crippen LogP contribution >= 0.6 is 0 Å². The molecule has 0 rings (SSSR count). The Balaban J connectivity index is -0.0000000450. The highest BCUT2D eigenvalue weighted by atomic mass is 35.6. The lowest BCUT2D eigenvalue weighted by atomic mass is 15.8. The molecule has 0 atom stereocenters. The van der Waals surface area contributed by atoms with Gasteiger partial charge in [-0.15, -0.1) is 0 Å². The summed E-state index contributed by atoms with van der Waals surface area (Å²) < 4.78 is 24.0. The largest absolute Gasteiger partial charge is 0.412 e. The van der Waals surface area contributed by atoms with Crippen LogP contribution in [-0.4, -0.2) is 15.6 Å². The lowest BCUT2D eigenvalue weighted by Gasteiger charge is -1.72. The van der Waals surface area contributed by atoms with E-state index in [1.165, 1.54) is 0 Å². The van der Waals surface area contributed by atoms with Gasteiger partial charge in [0, 0.05) is 4.66 Å². The third-order valence-electron chi connectivity index (χ3n) is 0. The van der Waals surface area contributed by atoms with Gasteiger partial charge in [-0.1, -0.05) is 0 Å². The smallest absolute Gasteiger partial charge is 0.282 e. The quantitative estimate of drug-likeness (QED) is 0.345. The van der Waals surface area contributed by atoms with E-state index in [-0.39, 0.29) is 11.0 Å². The molecule has 0 aliphatic rings. The number of halogens is 1. The normalized spacial score (nSPS) is 6.00. The highest BCUT2D eigenvalue weighted by molar-refractivity contribution is 1.94. The SMILES string of the molecule is O.O.[O-][Cl+2]([O-])O. The van der Waals surface area contributed by atoms with E-state index in [0.717, 1.165) is 0 Å². The average molecular weight is 120 g/mol. The molecule has 6 heavy (non-hydrogen) atoms. The first-order valence-corrected chi connectivity index (χ1v) is 1.43. The van der Waals surface area contributed by atoms with Crippen molar-refractivity contribution >= 4 is 0 Å². The Hall–Kier alpha value is 0.0900. The van der Waals surface area contributed by atoms with Gasteiger partial charge in [-0.05, 0) is 0 Å². The Morgan fingerprint density at radius 3 is 1.17 bits per heavy atom. The standard InChI is InChI=1S/ClHO3.2H2O/c2-1(3)4;;/h2H;2*1H2. The van der Waals surface area contributed by atoms with Crippen molar-refractivity contribution in [2.24, 2.45) is 0 Å². The van der Waals surface area contributed by atoms with Gasteiger partial charge in [0.1, 0.15) is 0 Å². The van der Waals surface area contributed by atoms with Crippen molar-refractivity contribution in [1.29, 1.82) is 0 Å². The molecule has 0 aromatic heterocycles. The minimum Gasteiger partial charge on any atom is -0.412 e. The molecule has 0 bridgehead atoms. The van der Waals surface area contributed by atoms with Gasteiger partial charge in [0.05, 0.1) is 0 Å². The summed E-state index contributed by atoms with van der Waals surface area (Å²) in [5.74, 6) is 0.